The van der Waals surface area contributed by atoms with Crippen LogP contribution in [0.2, 0.25) is 0 Å². The van der Waals surface area contributed by atoms with Gasteiger partial charge in [0.1, 0.15) is 5.82 Å². The fraction of sp³-hybridized carbons (Fsp3) is 0.0909. The van der Waals surface area contributed by atoms with Crippen LogP contribution in [0.4, 0.5) is 5.82 Å². The van der Waals surface area contributed by atoms with E-state index in [9.17, 15) is 0 Å². The molecule has 1 heterocycles. The predicted molar refractivity (Wildman–Crippen MR) is 72.4 cm³/mol. The lowest BCUT2D eigenvalue weighted by molar-refractivity contribution is 1.15. The van der Waals surface area contributed by atoms with Crippen LogP contribution in [0, 0.1) is 0 Å². The minimum Gasteiger partial charge on any atom is -0.372 e. The highest BCUT2D eigenvalue weighted by Crippen LogP contribution is 2.27. The van der Waals surface area contributed by atoms with E-state index in [1.54, 1.807) is 6.20 Å². The van der Waals surface area contributed by atoms with Crippen LogP contribution in [-0.2, 0) is 0 Å². The lowest BCUT2D eigenvalue weighted by Gasteiger charge is -2.06. The summed E-state index contributed by atoms with van der Waals surface area (Å²) < 4.78 is 1.84. The Morgan fingerprint density at radius 3 is 2.56 bits per heavy atom. The van der Waals surface area contributed by atoms with Crippen molar-refractivity contribution in [1.29, 1.82) is 0 Å². The maximum atomic E-state index is 4.42. The van der Waals surface area contributed by atoms with Crippen molar-refractivity contribution in [3.05, 3.63) is 39.4 Å². The fourth-order valence-electron chi connectivity index (χ4n) is 1.31. The summed E-state index contributed by atoms with van der Waals surface area (Å²) >= 11 is 6.87. The van der Waals surface area contributed by atoms with Gasteiger partial charge in [0.25, 0.3) is 0 Å². The van der Waals surface area contributed by atoms with E-state index in [-0.39, 0.29) is 0 Å². The predicted octanol–water partition coefficient (Wildman–Crippen LogP) is 3.71. The van der Waals surface area contributed by atoms with Crippen LogP contribution in [0.5, 0.6) is 0 Å². The number of nitrogens with one attached hydrogen (secondary N) is 1. The number of benzene rings is 1. The number of aromatic nitrogens is 2. The lowest BCUT2D eigenvalue weighted by atomic mass is 10.2. The molecule has 16 heavy (non-hydrogen) atoms. The SMILES string of the molecule is CNc1nc(-c2ccccc2Br)ncc1Br. The zero-order chi connectivity index (χ0) is 11.5. The average Bonchev–Trinajstić information content (AvgIpc) is 2.31. The summed E-state index contributed by atoms with van der Waals surface area (Å²) in [7, 11) is 1.83. The van der Waals surface area contributed by atoms with E-state index in [1.807, 2.05) is 31.3 Å². The summed E-state index contributed by atoms with van der Waals surface area (Å²) in [6.45, 7) is 0. The Morgan fingerprint density at radius 1 is 1.12 bits per heavy atom. The highest BCUT2D eigenvalue weighted by atomic mass is 79.9. The molecule has 3 nitrogen and oxygen atoms in total. The van der Waals surface area contributed by atoms with Crippen molar-refractivity contribution in [1.82, 2.24) is 9.97 Å². The van der Waals surface area contributed by atoms with Crippen LogP contribution in [0.3, 0.4) is 0 Å². The van der Waals surface area contributed by atoms with Gasteiger partial charge in [-0.3, -0.25) is 0 Å². The maximum absolute atomic E-state index is 4.42. The number of anilines is 1. The Labute approximate surface area is 111 Å². The molecule has 2 rings (SSSR count). The molecule has 0 aliphatic heterocycles. The van der Waals surface area contributed by atoms with Crippen LogP contribution in [0.15, 0.2) is 39.4 Å². The van der Waals surface area contributed by atoms with E-state index in [0.29, 0.717) is 5.82 Å². The van der Waals surface area contributed by atoms with E-state index in [2.05, 4.69) is 47.1 Å². The number of nitrogens with zero attached hydrogens (tertiary/aromatic N) is 2. The standard InChI is InChI=1S/C11H9Br2N3/c1-14-11-9(13)6-15-10(16-11)7-4-2-3-5-8(7)12/h2-6H,1H3,(H,14,15,16). The van der Waals surface area contributed by atoms with Gasteiger partial charge in [-0.1, -0.05) is 34.1 Å². The third kappa shape index (κ3) is 2.25. The van der Waals surface area contributed by atoms with Crippen molar-refractivity contribution < 1.29 is 0 Å². The van der Waals surface area contributed by atoms with Gasteiger partial charge in [0.05, 0.1) is 4.47 Å². The van der Waals surface area contributed by atoms with Crippen LogP contribution in [0.1, 0.15) is 0 Å². The zero-order valence-electron chi connectivity index (χ0n) is 8.54. The third-order valence-electron chi connectivity index (χ3n) is 2.10. The largest absolute Gasteiger partial charge is 0.372 e. The molecule has 1 N–H and O–H groups in total. The van der Waals surface area contributed by atoms with E-state index < -0.39 is 0 Å². The first-order valence-corrected chi connectivity index (χ1v) is 6.26. The molecular weight excluding hydrogens is 334 g/mol. The summed E-state index contributed by atoms with van der Waals surface area (Å²) in [4.78, 5) is 8.71. The smallest absolute Gasteiger partial charge is 0.162 e. The Bertz CT molecular complexity index is 514. The first kappa shape index (κ1) is 11.5. The van der Waals surface area contributed by atoms with Gasteiger partial charge >= 0.3 is 0 Å². The summed E-state index contributed by atoms with van der Waals surface area (Å²) in [5.41, 5.74) is 0.978. The number of hydrogen-bond acceptors (Lipinski definition) is 3. The molecule has 0 radical (unpaired) electrons. The molecule has 0 aliphatic rings. The summed E-state index contributed by atoms with van der Waals surface area (Å²) in [5.74, 6) is 1.47. The molecule has 0 saturated heterocycles. The number of rotatable bonds is 2. The van der Waals surface area contributed by atoms with Crippen molar-refractivity contribution in [3.8, 4) is 11.4 Å². The highest BCUT2D eigenvalue weighted by Gasteiger charge is 2.08. The van der Waals surface area contributed by atoms with Crippen LogP contribution < -0.4 is 5.32 Å². The fourth-order valence-corrected chi connectivity index (χ4v) is 2.17. The Hall–Kier alpha value is -0.940. The third-order valence-corrected chi connectivity index (χ3v) is 3.37. The molecule has 0 aliphatic carbocycles. The molecule has 1 aromatic carbocycles. The second kappa shape index (κ2) is 4.93. The summed E-state index contributed by atoms with van der Waals surface area (Å²) in [6.07, 6.45) is 1.74. The highest BCUT2D eigenvalue weighted by molar-refractivity contribution is 9.11. The minimum atomic E-state index is 0.694. The van der Waals surface area contributed by atoms with Crippen molar-refractivity contribution in [2.24, 2.45) is 0 Å². The van der Waals surface area contributed by atoms with Crippen molar-refractivity contribution in [2.45, 2.75) is 0 Å². The molecule has 0 amide bonds. The summed E-state index contributed by atoms with van der Waals surface area (Å²) in [6, 6.07) is 7.88. The van der Waals surface area contributed by atoms with Gasteiger partial charge in [0, 0.05) is 23.3 Å². The van der Waals surface area contributed by atoms with E-state index in [1.165, 1.54) is 0 Å². The average molecular weight is 343 g/mol. The van der Waals surface area contributed by atoms with Gasteiger partial charge in [-0.15, -0.1) is 0 Å². The Morgan fingerprint density at radius 2 is 1.88 bits per heavy atom. The molecule has 2 aromatic rings. The van der Waals surface area contributed by atoms with E-state index in [0.717, 1.165) is 20.3 Å². The molecule has 0 atom stereocenters. The van der Waals surface area contributed by atoms with Crippen LogP contribution in [0.25, 0.3) is 11.4 Å². The number of hydrogen-bond donors (Lipinski definition) is 1. The quantitative estimate of drug-likeness (QED) is 0.904. The molecular formula is C11H9Br2N3. The molecule has 0 spiro atoms. The van der Waals surface area contributed by atoms with Crippen LogP contribution >= 0.6 is 31.9 Å². The molecule has 82 valence electrons. The molecule has 0 bridgehead atoms. The van der Waals surface area contributed by atoms with Crippen molar-refractivity contribution in [3.63, 3.8) is 0 Å². The molecule has 0 fully saturated rings. The first-order chi connectivity index (χ1) is 7.72. The Balaban J connectivity index is 2.53. The first-order valence-electron chi connectivity index (χ1n) is 4.67. The topological polar surface area (TPSA) is 37.8 Å². The molecule has 5 heteroatoms. The van der Waals surface area contributed by atoms with Gasteiger partial charge < -0.3 is 5.32 Å². The normalized spacial score (nSPS) is 10.2. The van der Waals surface area contributed by atoms with Gasteiger partial charge in [-0.25, -0.2) is 9.97 Å². The minimum absolute atomic E-state index is 0.694. The van der Waals surface area contributed by atoms with Gasteiger partial charge in [-0.2, -0.15) is 0 Å². The van der Waals surface area contributed by atoms with Crippen molar-refractivity contribution >= 4 is 37.7 Å². The molecule has 1 aromatic heterocycles. The van der Waals surface area contributed by atoms with E-state index >= 15 is 0 Å². The van der Waals surface area contributed by atoms with E-state index in [4.69, 9.17) is 0 Å². The Kier molecular flexibility index (Phi) is 3.56. The van der Waals surface area contributed by atoms with Crippen LogP contribution in [-0.4, -0.2) is 17.0 Å². The lowest BCUT2D eigenvalue weighted by Crippen LogP contribution is -1.97. The summed E-state index contributed by atoms with van der Waals surface area (Å²) in [5, 5.41) is 3.01. The van der Waals surface area contributed by atoms with Gasteiger partial charge in [0.15, 0.2) is 5.82 Å². The molecule has 0 unspecified atom stereocenters. The second-order valence-corrected chi connectivity index (χ2v) is 4.83. The van der Waals surface area contributed by atoms with Crippen molar-refractivity contribution in [2.75, 3.05) is 12.4 Å². The van der Waals surface area contributed by atoms with Gasteiger partial charge in [0.2, 0.25) is 0 Å². The molecule has 0 saturated carbocycles. The second-order valence-electron chi connectivity index (χ2n) is 3.12. The number of halogens is 2. The maximum Gasteiger partial charge on any atom is 0.162 e. The zero-order valence-corrected chi connectivity index (χ0v) is 11.7. The monoisotopic (exact) mass is 341 g/mol. The van der Waals surface area contributed by atoms with Gasteiger partial charge in [-0.05, 0) is 22.0 Å².